The Morgan fingerprint density at radius 1 is 1.32 bits per heavy atom. The number of hydrogen-bond acceptors (Lipinski definition) is 5. The van der Waals surface area contributed by atoms with Crippen molar-refractivity contribution in [1.82, 2.24) is 0 Å². The van der Waals surface area contributed by atoms with Crippen molar-refractivity contribution in [3.8, 4) is 0 Å². The molecule has 1 fully saturated rings. The third kappa shape index (κ3) is 2.45. The summed E-state index contributed by atoms with van der Waals surface area (Å²) in [6, 6.07) is 4.34. The van der Waals surface area contributed by atoms with Crippen LogP contribution >= 0.6 is 0 Å². The molecule has 0 radical (unpaired) electrons. The molecule has 1 unspecified atom stereocenters. The smallest absolute Gasteiger partial charge is 0.250 e. The first-order valence-corrected chi connectivity index (χ1v) is 5.84. The lowest BCUT2D eigenvalue weighted by molar-refractivity contribution is -0.121. The van der Waals surface area contributed by atoms with Crippen molar-refractivity contribution in [2.45, 2.75) is 6.04 Å². The normalized spacial score (nSPS) is 19.2. The minimum absolute atomic E-state index is 0.204. The van der Waals surface area contributed by atoms with E-state index in [0.717, 1.165) is 0 Å². The summed E-state index contributed by atoms with van der Waals surface area (Å²) < 4.78 is 5.24. The maximum absolute atomic E-state index is 11.4. The number of primary amides is 2. The maximum atomic E-state index is 11.4. The Balaban J connectivity index is 2.42. The molecule has 2 rings (SSSR count). The van der Waals surface area contributed by atoms with Crippen LogP contribution in [-0.4, -0.2) is 37.6 Å². The van der Waals surface area contributed by atoms with Crippen LogP contribution in [0.5, 0.6) is 0 Å². The fourth-order valence-corrected chi connectivity index (χ4v) is 2.15. The molecule has 0 saturated carbocycles. The molecule has 1 aromatic rings. The van der Waals surface area contributed by atoms with Gasteiger partial charge in [-0.15, -0.1) is 0 Å². The van der Waals surface area contributed by atoms with Crippen molar-refractivity contribution in [1.29, 1.82) is 0 Å². The quantitative estimate of drug-likeness (QED) is 0.607. The van der Waals surface area contributed by atoms with Gasteiger partial charge in [-0.2, -0.15) is 0 Å². The van der Waals surface area contributed by atoms with Gasteiger partial charge in [0.1, 0.15) is 6.04 Å². The highest BCUT2D eigenvalue weighted by Crippen LogP contribution is 2.29. The van der Waals surface area contributed by atoms with Gasteiger partial charge in [-0.1, -0.05) is 6.07 Å². The zero-order valence-electron chi connectivity index (χ0n) is 10.3. The number of benzene rings is 1. The van der Waals surface area contributed by atoms with Crippen LogP contribution < -0.4 is 22.1 Å². The van der Waals surface area contributed by atoms with Gasteiger partial charge in [0.2, 0.25) is 5.91 Å². The van der Waals surface area contributed by atoms with Crippen LogP contribution in [0.4, 0.5) is 11.4 Å². The topological polar surface area (TPSA) is 125 Å². The van der Waals surface area contributed by atoms with Crippen LogP contribution in [-0.2, 0) is 9.53 Å². The first-order chi connectivity index (χ1) is 9.02. The Bertz CT molecular complexity index is 518. The number of morpholine rings is 1. The lowest BCUT2D eigenvalue weighted by atomic mass is 10.1. The lowest BCUT2D eigenvalue weighted by Crippen LogP contribution is -2.52. The molecule has 1 saturated heterocycles. The monoisotopic (exact) mass is 264 g/mol. The molecule has 0 spiro atoms. The Hall–Kier alpha value is -2.28. The predicted molar refractivity (Wildman–Crippen MR) is 70.5 cm³/mol. The fourth-order valence-electron chi connectivity index (χ4n) is 2.15. The standard InChI is InChI=1S/C12H16N4O3/c13-10-7(11(14)17)2-1-3-8(10)16-4-5-19-6-9(16)12(15)18/h1-3,9H,4-6,13H2,(H2,14,17)(H2,15,18). The van der Waals surface area contributed by atoms with E-state index in [2.05, 4.69) is 0 Å². The van der Waals surface area contributed by atoms with Gasteiger partial charge in [-0.25, -0.2) is 0 Å². The summed E-state index contributed by atoms with van der Waals surface area (Å²) in [5.41, 5.74) is 17.6. The van der Waals surface area contributed by atoms with E-state index in [-0.39, 0.29) is 17.9 Å². The maximum Gasteiger partial charge on any atom is 0.250 e. The van der Waals surface area contributed by atoms with Crippen molar-refractivity contribution in [2.24, 2.45) is 11.5 Å². The molecule has 1 aromatic carbocycles. The molecular formula is C12H16N4O3. The van der Waals surface area contributed by atoms with E-state index in [1.807, 2.05) is 0 Å². The molecular weight excluding hydrogens is 248 g/mol. The average Bonchev–Trinajstić information content (AvgIpc) is 2.38. The van der Waals surface area contributed by atoms with Crippen LogP contribution in [0.3, 0.4) is 0 Å². The largest absolute Gasteiger partial charge is 0.396 e. The van der Waals surface area contributed by atoms with Gasteiger partial charge < -0.3 is 26.8 Å². The molecule has 7 nitrogen and oxygen atoms in total. The highest BCUT2D eigenvalue weighted by atomic mass is 16.5. The minimum Gasteiger partial charge on any atom is -0.396 e. The summed E-state index contributed by atoms with van der Waals surface area (Å²) in [6.45, 7) is 1.14. The number of amides is 2. The summed E-state index contributed by atoms with van der Waals surface area (Å²) in [5.74, 6) is -1.10. The van der Waals surface area contributed by atoms with E-state index in [1.54, 1.807) is 23.1 Å². The van der Waals surface area contributed by atoms with E-state index in [9.17, 15) is 9.59 Å². The van der Waals surface area contributed by atoms with Gasteiger partial charge in [0.15, 0.2) is 0 Å². The van der Waals surface area contributed by atoms with Crippen molar-refractivity contribution < 1.29 is 14.3 Å². The number of hydrogen-bond donors (Lipinski definition) is 3. The van der Waals surface area contributed by atoms with Crippen molar-refractivity contribution in [3.05, 3.63) is 23.8 Å². The molecule has 0 aliphatic carbocycles. The molecule has 2 amide bonds. The molecule has 1 aliphatic heterocycles. The highest BCUT2D eigenvalue weighted by Gasteiger charge is 2.29. The zero-order chi connectivity index (χ0) is 14.0. The van der Waals surface area contributed by atoms with E-state index in [0.29, 0.717) is 18.8 Å². The van der Waals surface area contributed by atoms with E-state index in [4.69, 9.17) is 21.9 Å². The van der Waals surface area contributed by atoms with Crippen LogP contribution in [0.2, 0.25) is 0 Å². The molecule has 0 bridgehead atoms. The summed E-state index contributed by atoms with van der Waals surface area (Å²) >= 11 is 0. The summed E-state index contributed by atoms with van der Waals surface area (Å²) in [7, 11) is 0. The number of nitrogen functional groups attached to an aromatic ring is 1. The molecule has 0 aromatic heterocycles. The highest BCUT2D eigenvalue weighted by molar-refractivity contribution is 6.01. The number of rotatable bonds is 3. The molecule has 19 heavy (non-hydrogen) atoms. The number of nitrogens with zero attached hydrogens (tertiary/aromatic N) is 1. The molecule has 1 heterocycles. The van der Waals surface area contributed by atoms with Crippen LogP contribution in [0.1, 0.15) is 10.4 Å². The summed E-state index contributed by atoms with van der Waals surface area (Å²) in [6.07, 6.45) is 0. The zero-order valence-corrected chi connectivity index (χ0v) is 10.3. The Labute approximate surface area is 110 Å². The van der Waals surface area contributed by atoms with Crippen LogP contribution in [0, 0.1) is 0 Å². The van der Waals surface area contributed by atoms with Gasteiger partial charge in [0, 0.05) is 6.54 Å². The van der Waals surface area contributed by atoms with E-state index >= 15 is 0 Å². The molecule has 1 atom stereocenters. The Morgan fingerprint density at radius 3 is 2.68 bits per heavy atom. The minimum atomic E-state index is -0.608. The molecule has 7 heteroatoms. The van der Waals surface area contributed by atoms with Gasteiger partial charge in [-0.3, -0.25) is 9.59 Å². The van der Waals surface area contributed by atoms with Crippen LogP contribution in [0.25, 0.3) is 0 Å². The molecule has 1 aliphatic rings. The van der Waals surface area contributed by atoms with E-state index < -0.39 is 17.9 Å². The second kappa shape index (κ2) is 5.15. The van der Waals surface area contributed by atoms with Gasteiger partial charge in [-0.05, 0) is 12.1 Å². The third-order valence-corrected chi connectivity index (χ3v) is 3.11. The third-order valence-electron chi connectivity index (χ3n) is 3.11. The predicted octanol–water partition coefficient (Wildman–Crippen LogP) is -0.942. The number of anilines is 2. The Morgan fingerprint density at radius 2 is 2.05 bits per heavy atom. The second-order valence-electron chi connectivity index (χ2n) is 4.29. The fraction of sp³-hybridized carbons (Fsp3) is 0.333. The Kier molecular flexibility index (Phi) is 3.57. The summed E-state index contributed by atoms with van der Waals surface area (Å²) in [4.78, 5) is 24.5. The molecule has 102 valence electrons. The van der Waals surface area contributed by atoms with Crippen LogP contribution in [0.15, 0.2) is 18.2 Å². The van der Waals surface area contributed by atoms with Gasteiger partial charge in [0.05, 0.1) is 30.2 Å². The van der Waals surface area contributed by atoms with Gasteiger partial charge >= 0.3 is 0 Å². The van der Waals surface area contributed by atoms with Crippen molar-refractivity contribution >= 4 is 23.2 Å². The summed E-state index contributed by atoms with van der Waals surface area (Å²) in [5, 5.41) is 0. The number of carbonyl (C=O) groups is 2. The number of carbonyl (C=O) groups excluding carboxylic acids is 2. The van der Waals surface area contributed by atoms with E-state index in [1.165, 1.54) is 0 Å². The average molecular weight is 264 g/mol. The number of nitrogens with two attached hydrogens (primary N) is 3. The second-order valence-corrected chi connectivity index (χ2v) is 4.29. The van der Waals surface area contributed by atoms with Gasteiger partial charge in [0.25, 0.3) is 5.91 Å². The SMILES string of the molecule is NC(=O)c1cccc(N2CCOCC2C(N)=O)c1N. The van der Waals surface area contributed by atoms with Crippen molar-refractivity contribution in [3.63, 3.8) is 0 Å². The first-order valence-electron chi connectivity index (χ1n) is 5.84. The van der Waals surface area contributed by atoms with Crippen molar-refractivity contribution in [2.75, 3.05) is 30.4 Å². The lowest BCUT2D eigenvalue weighted by Gasteiger charge is -2.36. The first kappa shape index (κ1) is 13.2. The number of para-hydroxylation sites is 1. The number of ether oxygens (including phenoxy) is 1. The molecule has 6 N–H and O–H groups in total.